The zero-order valence-electron chi connectivity index (χ0n) is 20.1. The van der Waals surface area contributed by atoms with Crippen LogP contribution < -0.4 is 15.4 Å². The van der Waals surface area contributed by atoms with Gasteiger partial charge in [-0.05, 0) is 66.9 Å². The second-order valence-corrected chi connectivity index (χ2v) is 8.21. The Morgan fingerprint density at radius 1 is 0.943 bits per heavy atom. The first-order valence-electron chi connectivity index (χ1n) is 11.3. The smallest absolute Gasteiger partial charge is 0.319 e. The molecular formula is C27H29N5O3. The van der Waals surface area contributed by atoms with E-state index in [1.807, 2.05) is 80.6 Å². The van der Waals surface area contributed by atoms with Crippen molar-refractivity contribution in [3.63, 3.8) is 0 Å². The van der Waals surface area contributed by atoms with Crippen molar-refractivity contribution in [2.45, 2.75) is 33.6 Å². The summed E-state index contributed by atoms with van der Waals surface area (Å²) in [5.74, 6) is 1.56. The second-order valence-electron chi connectivity index (χ2n) is 8.21. The van der Waals surface area contributed by atoms with Gasteiger partial charge in [-0.3, -0.25) is 0 Å². The van der Waals surface area contributed by atoms with Gasteiger partial charge in [0, 0.05) is 24.1 Å². The number of carbonyl (C=O) groups is 1. The molecule has 0 radical (unpaired) electrons. The lowest BCUT2D eigenvalue weighted by Crippen LogP contribution is -2.28. The number of hydrogen-bond donors (Lipinski definition) is 2. The number of pyridine rings is 1. The number of methoxy groups -OCH3 is 1. The topological polar surface area (TPSA) is 90.3 Å². The van der Waals surface area contributed by atoms with Crippen molar-refractivity contribution in [2.24, 2.45) is 0 Å². The van der Waals surface area contributed by atoms with Crippen molar-refractivity contribution in [3.05, 3.63) is 101 Å². The molecule has 0 atom stereocenters. The molecule has 35 heavy (non-hydrogen) atoms. The van der Waals surface area contributed by atoms with Gasteiger partial charge in [0.05, 0.1) is 26.0 Å². The highest BCUT2D eigenvalue weighted by Gasteiger charge is 2.07. The van der Waals surface area contributed by atoms with E-state index in [9.17, 15) is 4.79 Å². The number of rotatable bonds is 9. The van der Waals surface area contributed by atoms with E-state index in [0.29, 0.717) is 25.4 Å². The minimum Gasteiger partial charge on any atom is -0.497 e. The fourth-order valence-corrected chi connectivity index (χ4v) is 3.61. The monoisotopic (exact) mass is 471 g/mol. The van der Waals surface area contributed by atoms with E-state index in [1.165, 1.54) is 0 Å². The van der Waals surface area contributed by atoms with Crippen LogP contribution in [0.5, 0.6) is 5.75 Å². The molecule has 0 saturated heterocycles. The number of ether oxygens (including phenoxy) is 2. The Hall–Kier alpha value is -4.17. The molecule has 0 aliphatic carbocycles. The van der Waals surface area contributed by atoms with Crippen molar-refractivity contribution >= 4 is 11.7 Å². The van der Waals surface area contributed by atoms with Gasteiger partial charge >= 0.3 is 6.03 Å². The maximum Gasteiger partial charge on any atom is 0.319 e. The molecule has 2 heterocycles. The van der Waals surface area contributed by atoms with Crippen LogP contribution in [0, 0.1) is 13.8 Å². The Bertz CT molecular complexity index is 1270. The number of hydrogen-bond acceptors (Lipinski definition) is 5. The Morgan fingerprint density at radius 3 is 2.40 bits per heavy atom. The first-order valence-corrected chi connectivity index (χ1v) is 11.3. The van der Waals surface area contributed by atoms with Gasteiger partial charge < -0.3 is 20.1 Å². The number of anilines is 1. The van der Waals surface area contributed by atoms with E-state index < -0.39 is 0 Å². The molecular weight excluding hydrogens is 442 g/mol. The van der Waals surface area contributed by atoms with E-state index in [0.717, 1.165) is 39.6 Å². The average molecular weight is 472 g/mol. The zero-order valence-corrected chi connectivity index (χ0v) is 20.1. The summed E-state index contributed by atoms with van der Waals surface area (Å²) in [5, 5.41) is 10.2. The molecule has 4 rings (SSSR count). The largest absolute Gasteiger partial charge is 0.497 e. The third kappa shape index (κ3) is 6.68. The number of urea groups is 1. The van der Waals surface area contributed by atoms with Crippen molar-refractivity contribution in [2.75, 3.05) is 12.4 Å². The lowest BCUT2D eigenvalue weighted by molar-refractivity contribution is 0.107. The Balaban J connectivity index is 1.24. The van der Waals surface area contributed by atoms with E-state index >= 15 is 0 Å². The number of benzene rings is 2. The van der Waals surface area contributed by atoms with Crippen molar-refractivity contribution in [1.82, 2.24) is 20.1 Å². The van der Waals surface area contributed by atoms with Crippen molar-refractivity contribution in [1.29, 1.82) is 0 Å². The van der Waals surface area contributed by atoms with Gasteiger partial charge in [0.15, 0.2) is 5.82 Å². The number of amides is 2. The Morgan fingerprint density at radius 2 is 1.71 bits per heavy atom. The highest BCUT2D eigenvalue weighted by Crippen LogP contribution is 2.15. The van der Waals surface area contributed by atoms with Crippen LogP contribution in [-0.2, 0) is 24.5 Å². The maximum atomic E-state index is 12.4. The minimum absolute atomic E-state index is 0.288. The quantitative estimate of drug-likeness (QED) is 0.361. The molecule has 0 saturated carbocycles. The van der Waals surface area contributed by atoms with Crippen LogP contribution in [0.2, 0.25) is 0 Å². The molecule has 0 fully saturated rings. The van der Waals surface area contributed by atoms with Crippen LogP contribution in [0.25, 0.3) is 5.82 Å². The summed E-state index contributed by atoms with van der Waals surface area (Å²) in [5.41, 5.74) is 5.60. The molecule has 8 nitrogen and oxygen atoms in total. The van der Waals surface area contributed by atoms with Gasteiger partial charge in [-0.2, -0.15) is 5.10 Å². The van der Waals surface area contributed by atoms with Crippen LogP contribution in [0.15, 0.2) is 72.9 Å². The third-order valence-electron chi connectivity index (χ3n) is 5.37. The normalized spacial score (nSPS) is 10.7. The molecule has 2 amide bonds. The molecule has 180 valence electrons. The molecule has 0 aliphatic rings. The average Bonchev–Trinajstić information content (AvgIpc) is 3.21. The number of nitrogens with one attached hydrogen (secondary N) is 2. The maximum absolute atomic E-state index is 12.4. The fourth-order valence-electron chi connectivity index (χ4n) is 3.61. The van der Waals surface area contributed by atoms with Crippen LogP contribution in [-0.4, -0.2) is 27.9 Å². The summed E-state index contributed by atoms with van der Waals surface area (Å²) in [6.45, 7) is 5.24. The van der Waals surface area contributed by atoms with Crippen molar-refractivity contribution < 1.29 is 14.3 Å². The second kappa shape index (κ2) is 11.3. The zero-order chi connectivity index (χ0) is 24.6. The summed E-state index contributed by atoms with van der Waals surface area (Å²) in [6, 6.07) is 20.9. The molecule has 2 aromatic carbocycles. The molecule has 2 N–H and O–H groups in total. The summed E-state index contributed by atoms with van der Waals surface area (Å²) in [6.07, 6.45) is 1.74. The van der Waals surface area contributed by atoms with E-state index in [-0.39, 0.29) is 6.03 Å². The first kappa shape index (κ1) is 24.0. The standard InChI is InChI=1S/C27H29N5O3/c1-19-13-20(2)32(31-19)26-12-9-23(15-28-26)16-29-27(33)30-24-6-4-5-22(14-24)18-35-17-21-7-10-25(34-3)11-8-21/h4-15H,16-18H2,1-3H3,(H2,29,30,33). The molecule has 8 heteroatoms. The fraction of sp³-hybridized carbons (Fsp3) is 0.222. The van der Waals surface area contributed by atoms with Crippen LogP contribution in [0.1, 0.15) is 28.1 Å². The van der Waals surface area contributed by atoms with Gasteiger partial charge in [0.25, 0.3) is 0 Å². The Kier molecular flexibility index (Phi) is 7.74. The number of carbonyl (C=O) groups excluding carboxylic acids is 1. The number of aryl methyl sites for hydroxylation is 2. The van der Waals surface area contributed by atoms with Gasteiger partial charge in [-0.1, -0.05) is 30.3 Å². The van der Waals surface area contributed by atoms with E-state index in [2.05, 4.69) is 20.7 Å². The molecule has 0 spiro atoms. The van der Waals surface area contributed by atoms with E-state index in [4.69, 9.17) is 9.47 Å². The van der Waals surface area contributed by atoms with E-state index in [1.54, 1.807) is 18.0 Å². The predicted octanol–water partition coefficient (Wildman–Crippen LogP) is 4.93. The lowest BCUT2D eigenvalue weighted by Gasteiger charge is -2.10. The summed E-state index contributed by atoms with van der Waals surface area (Å²) >= 11 is 0. The minimum atomic E-state index is -0.288. The highest BCUT2D eigenvalue weighted by atomic mass is 16.5. The van der Waals surface area contributed by atoms with Gasteiger partial charge in [0.1, 0.15) is 5.75 Å². The summed E-state index contributed by atoms with van der Waals surface area (Å²) < 4.78 is 12.8. The van der Waals surface area contributed by atoms with Gasteiger partial charge in [-0.15, -0.1) is 0 Å². The summed E-state index contributed by atoms with van der Waals surface area (Å²) in [7, 11) is 1.64. The Labute approximate surface area is 204 Å². The van der Waals surface area contributed by atoms with Crippen LogP contribution >= 0.6 is 0 Å². The number of nitrogens with zero attached hydrogens (tertiary/aromatic N) is 3. The van der Waals surface area contributed by atoms with Crippen LogP contribution in [0.3, 0.4) is 0 Å². The molecule has 2 aromatic heterocycles. The lowest BCUT2D eigenvalue weighted by atomic mass is 10.2. The molecule has 0 bridgehead atoms. The third-order valence-corrected chi connectivity index (χ3v) is 5.37. The SMILES string of the molecule is COc1ccc(COCc2cccc(NC(=O)NCc3ccc(-n4nc(C)cc4C)nc3)c2)cc1. The van der Waals surface area contributed by atoms with Gasteiger partial charge in [-0.25, -0.2) is 14.5 Å². The molecule has 0 aliphatic heterocycles. The summed E-state index contributed by atoms with van der Waals surface area (Å²) in [4.78, 5) is 16.9. The van der Waals surface area contributed by atoms with Gasteiger partial charge in [0.2, 0.25) is 0 Å². The first-order chi connectivity index (χ1) is 17.0. The van der Waals surface area contributed by atoms with Crippen molar-refractivity contribution in [3.8, 4) is 11.6 Å². The highest BCUT2D eigenvalue weighted by molar-refractivity contribution is 5.89. The molecule has 0 unspecified atom stereocenters. The van der Waals surface area contributed by atoms with Crippen LogP contribution in [0.4, 0.5) is 10.5 Å². The predicted molar refractivity (Wildman–Crippen MR) is 135 cm³/mol. The number of aromatic nitrogens is 3. The molecule has 4 aromatic rings.